The van der Waals surface area contributed by atoms with Gasteiger partial charge in [-0.25, -0.2) is 8.42 Å². The van der Waals surface area contributed by atoms with Crippen molar-refractivity contribution in [2.45, 2.75) is 11.8 Å². The molecule has 8 heteroatoms. The van der Waals surface area contributed by atoms with Gasteiger partial charge in [0.05, 0.1) is 4.90 Å². The van der Waals surface area contributed by atoms with E-state index < -0.39 is 10.0 Å². The zero-order valence-corrected chi connectivity index (χ0v) is 11.9. The number of rotatable bonds is 3. The van der Waals surface area contributed by atoms with E-state index in [4.69, 9.17) is 0 Å². The maximum absolute atomic E-state index is 12.1. The van der Waals surface area contributed by atoms with Gasteiger partial charge < -0.3 is 0 Å². The second kappa shape index (κ2) is 4.71. The lowest BCUT2D eigenvalue weighted by atomic mass is 10.2. The minimum absolute atomic E-state index is 0.224. The fourth-order valence-corrected chi connectivity index (χ4v) is 3.73. The number of benzene rings is 1. The Morgan fingerprint density at radius 2 is 2.18 bits per heavy atom. The first kappa shape index (κ1) is 12.5. The van der Waals surface area contributed by atoms with Crippen LogP contribution in [0.3, 0.4) is 0 Å². The van der Waals surface area contributed by atoms with Gasteiger partial charge in [-0.3, -0.25) is 4.72 Å². The van der Waals surface area contributed by atoms with Crippen molar-refractivity contribution < 1.29 is 8.42 Å². The highest BCUT2D eigenvalue weighted by Crippen LogP contribution is 2.25. The minimum atomic E-state index is -3.61. The predicted molar refractivity (Wildman–Crippen MR) is 69.6 cm³/mol. The van der Waals surface area contributed by atoms with Crippen molar-refractivity contribution in [2.24, 2.45) is 0 Å². The molecule has 0 bridgehead atoms. The van der Waals surface area contributed by atoms with E-state index in [1.54, 1.807) is 25.1 Å². The Hall–Kier alpha value is -0.990. The van der Waals surface area contributed by atoms with Gasteiger partial charge >= 0.3 is 0 Å². The van der Waals surface area contributed by atoms with Crippen LogP contribution in [0.4, 0.5) is 5.13 Å². The summed E-state index contributed by atoms with van der Waals surface area (Å²) in [5.41, 5.74) is 2.12. The zero-order chi connectivity index (χ0) is 12.5. The highest BCUT2D eigenvalue weighted by atomic mass is 79.9. The van der Waals surface area contributed by atoms with E-state index in [0.29, 0.717) is 5.56 Å². The summed E-state index contributed by atoms with van der Waals surface area (Å²) in [6.45, 7) is 1.73. The molecule has 0 atom stereocenters. The van der Waals surface area contributed by atoms with Gasteiger partial charge in [-0.05, 0) is 24.6 Å². The Bertz CT molecular complexity index is 626. The van der Waals surface area contributed by atoms with Crippen molar-refractivity contribution in [1.29, 1.82) is 0 Å². The molecule has 1 aromatic carbocycles. The van der Waals surface area contributed by atoms with Gasteiger partial charge in [0.2, 0.25) is 5.13 Å². The van der Waals surface area contributed by atoms with E-state index in [9.17, 15) is 8.42 Å². The molecule has 0 amide bonds. The molecule has 17 heavy (non-hydrogen) atoms. The van der Waals surface area contributed by atoms with Crippen LogP contribution in [-0.4, -0.2) is 18.6 Å². The number of aromatic nitrogens is 2. The second-order valence-corrected chi connectivity index (χ2v) is 6.55. The predicted octanol–water partition coefficient (Wildman–Crippen LogP) is 2.41. The number of halogens is 1. The standard InChI is InChI=1S/C9H8BrN3O2S2/c1-6-7(10)3-2-4-8(6)17(14,15)13-9-12-11-5-16-9/h2-5H,1H3,(H,12,13). The lowest BCUT2D eigenvalue weighted by Crippen LogP contribution is -2.14. The second-order valence-electron chi connectivity index (χ2n) is 3.21. The summed E-state index contributed by atoms with van der Waals surface area (Å²) in [4.78, 5) is 0.224. The highest BCUT2D eigenvalue weighted by molar-refractivity contribution is 9.10. The summed E-state index contributed by atoms with van der Waals surface area (Å²) in [7, 11) is -3.61. The molecule has 2 aromatic rings. The molecule has 0 saturated carbocycles. The molecule has 5 nitrogen and oxygen atoms in total. The van der Waals surface area contributed by atoms with Gasteiger partial charge in [-0.15, -0.1) is 10.2 Å². The fraction of sp³-hybridized carbons (Fsp3) is 0.111. The zero-order valence-electron chi connectivity index (χ0n) is 8.71. The lowest BCUT2D eigenvalue weighted by Gasteiger charge is -2.08. The molecule has 1 aromatic heterocycles. The first-order valence-electron chi connectivity index (χ1n) is 4.55. The third kappa shape index (κ3) is 2.64. The molecule has 1 heterocycles. The molecule has 0 unspecified atom stereocenters. The van der Waals surface area contributed by atoms with Crippen molar-refractivity contribution in [2.75, 3.05) is 4.72 Å². The van der Waals surface area contributed by atoms with Gasteiger partial charge in [-0.1, -0.05) is 33.3 Å². The van der Waals surface area contributed by atoms with Crippen LogP contribution in [-0.2, 0) is 10.0 Å². The smallest absolute Gasteiger partial charge is 0.253 e. The molecule has 0 aliphatic heterocycles. The summed E-state index contributed by atoms with van der Waals surface area (Å²) in [5, 5.41) is 7.47. The van der Waals surface area contributed by atoms with Crippen LogP contribution >= 0.6 is 27.3 Å². The van der Waals surface area contributed by atoms with Crippen molar-refractivity contribution >= 4 is 42.4 Å². The number of hydrogen-bond acceptors (Lipinski definition) is 5. The maximum Gasteiger partial charge on any atom is 0.264 e. The molecule has 0 aliphatic rings. The monoisotopic (exact) mass is 333 g/mol. The van der Waals surface area contributed by atoms with Crippen LogP contribution in [0.15, 0.2) is 33.1 Å². The molecule has 0 spiro atoms. The number of nitrogens with zero attached hydrogens (tertiary/aromatic N) is 2. The summed E-state index contributed by atoms with van der Waals surface area (Å²) < 4.78 is 27.3. The van der Waals surface area contributed by atoms with Crippen LogP contribution in [0, 0.1) is 6.92 Å². The molecule has 0 radical (unpaired) electrons. The molecule has 0 saturated heterocycles. The summed E-state index contributed by atoms with van der Waals surface area (Å²) in [6, 6.07) is 5.01. The summed E-state index contributed by atoms with van der Waals surface area (Å²) >= 11 is 4.43. The molecule has 0 fully saturated rings. The van der Waals surface area contributed by atoms with E-state index in [1.165, 1.54) is 5.51 Å². The average Bonchev–Trinajstić information content (AvgIpc) is 2.73. The topological polar surface area (TPSA) is 72.0 Å². The molecule has 1 N–H and O–H groups in total. The maximum atomic E-state index is 12.1. The van der Waals surface area contributed by atoms with E-state index in [-0.39, 0.29) is 10.0 Å². The third-order valence-corrected chi connectivity index (χ3v) is 5.17. The number of hydrogen-bond donors (Lipinski definition) is 1. The van der Waals surface area contributed by atoms with Crippen molar-refractivity contribution in [3.63, 3.8) is 0 Å². The quantitative estimate of drug-likeness (QED) is 0.936. The van der Waals surface area contributed by atoms with E-state index in [2.05, 4.69) is 30.8 Å². The van der Waals surface area contributed by atoms with Crippen molar-refractivity contribution in [3.05, 3.63) is 33.7 Å². The first-order chi connectivity index (χ1) is 8.00. The van der Waals surface area contributed by atoms with Crippen molar-refractivity contribution in [1.82, 2.24) is 10.2 Å². The van der Waals surface area contributed by atoms with Gasteiger partial charge in [0.25, 0.3) is 10.0 Å². The largest absolute Gasteiger partial charge is 0.264 e. The number of sulfonamides is 1. The Morgan fingerprint density at radius 1 is 1.41 bits per heavy atom. The fourth-order valence-electron chi connectivity index (χ4n) is 1.27. The van der Waals surface area contributed by atoms with Crippen molar-refractivity contribution in [3.8, 4) is 0 Å². The molecule has 0 aliphatic carbocycles. The van der Waals surface area contributed by atoms with Gasteiger partial charge in [0.1, 0.15) is 5.51 Å². The number of anilines is 1. The van der Waals surface area contributed by atoms with Gasteiger partial charge in [0, 0.05) is 4.47 Å². The third-order valence-electron chi connectivity index (χ3n) is 2.09. The van der Waals surface area contributed by atoms with Crippen LogP contribution in [0.25, 0.3) is 0 Å². The molecule has 2 rings (SSSR count). The molecular weight excluding hydrogens is 326 g/mol. The number of nitrogens with one attached hydrogen (secondary N) is 1. The Labute approximate surface area is 111 Å². The SMILES string of the molecule is Cc1c(Br)cccc1S(=O)(=O)Nc1nncs1. The van der Waals surface area contributed by atoms with Crippen LogP contribution in [0.1, 0.15) is 5.56 Å². The summed E-state index contributed by atoms with van der Waals surface area (Å²) in [6.07, 6.45) is 0. The Balaban J connectivity index is 2.42. The molecular formula is C9H8BrN3O2S2. The van der Waals surface area contributed by atoms with E-state index in [1.807, 2.05) is 0 Å². The Morgan fingerprint density at radius 3 is 2.82 bits per heavy atom. The Kier molecular flexibility index (Phi) is 3.45. The molecule has 90 valence electrons. The normalized spacial score (nSPS) is 11.4. The summed E-state index contributed by atoms with van der Waals surface area (Å²) in [5.74, 6) is 0. The van der Waals surface area contributed by atoms with Crippen LogP contribution in [0.5, 0.6) is 0 Å². The van der Waals surface area contributed by atoms with Crippen LogP contribution in [0.2, 0.25) is 0 Å². The minimum Gasteiger partial charge on any atom is -0.253 e. The van der Waals surface area contributed by atoms with E-state index in [0.717, 1.165) is 15.8 Å². The van der Waals surface area contributed by atoms with E-state index >= 15 is 0 Å². The lowest BCUT2D eigenvalue weighted by molar-refractivity contribution is 0.600. The van der Waals surface area contributed by atoms with Crippen LogP contribution < -0.4 is 4.72 Å². The first-order valence-corrected chi connectivity index (χ1v) is 7.70. The van der Waals surface area contributed by atoms with Gasteiger partial charge in [0.15, 0.2) is 0 Å². The average molecular weight is 334 g/mol. The van der Waals surface area contributed by atoms with Gasteiger partial charge in [-0.2, -0.15) is 0 Å². The highest BCUT2D eigenvalue weighted by Gasteiger charge is 2.19.